The number of aryl methyl sites for hydroxylation is 1. The molecular weight excluding hydrogens is 576 g/mol. The average Bonchev–Trinajstić information content (AvgIpc) is 3.23. The number of anilines is 3. The summed E-state index contributed by atoms with van der Waals surface area (Å²) in [5.41, 5.74) is 3.99. The normalized spacial score (nSPS) is 14.2. The molecule has 238 valence electrons. The molecule has 3 aromatic rings. The van der Waals surface area contributed by atoms with E-state index in [0.29, 0.717) is 52.6 Å². The second-order valence-corrected chi connectivity index (χ2v) is 11.2. The van der Waals surface area contributed by atoms with Crippen LogP contribution in [0.2, 0.25) is 0 Å². The van der Waals surface area contributed by atoms with Gasteiger partial charge in [0, 0.05) is 30.8 Å². The van der Waals surface area contributed by atoms with Crippen molar-refractivity contribution in [3.05, 3.63) is 69.9 Å². The topological polar surface area (TPSA) is 144 Å². The molecule has 45 heavy (non-hydrogen) atoms. The van der Waals surface area contributed by atoms with Gasteiger partial charge in [0.15, 0.2) is 11.5 Å². The predicted molar refractivity (Wildman–Crippen MR) is 174 cm³/mol. The van der Waals surface area contributed by atoms with Crippen LogP contribution in [0.4, 0.5) is 17.1 Å². The standard InChI is InChI=1S/C34H40N4O7/c1-18(2)31(34(42)37-23-11-9-22(10-12-23)35-19(3)39)38-27-15-13-24-25(17-28(27)41)26(36-20(4)40)14-8-21-16-29(43-5)32(44-6)33(45-7)30(21)24/h9-13,15-18,26,31H,8,14H2,1-7H3,(H,35,39)(H,36,40)(H,37,42)(H,38,41)/t26-,31-/m1/s1. The largest absolute Gasteiger partial charge is 0.493 e. The number of benzene rings is 2. The Morgan fingerprint density at radius 2 is 1.47 bits per heavy atom. The van der Waals surface area contributed by atoms with Crippen LogP contribution in [0.3, 0.4) is 0 Å². The fourth-order valence-electron chi connectivity index (χ4n) is 5.59. The number of hydrogen-bond donors (Lipinski definition) is 4. The number of methoxy groups -OCH3 is 3. The first-order chi connectivity index (χ1) is 21.5. The van der Waals surface area contributed by atoms with Gasteiger partial charge in [0.05, 0.1) is 33.1 Å². The van der Waals surface area contributed by atoms with Crippen molar-refractivity contribution >= 4 is 34.8 Å². The van der Waals surface area contributed by atoms with Crippen molar-refractivity contribution in [2.45, 2.75) is 52.6 Å². The van der Waals surface area contributed by atoms with Crippen molar-refractivity contribution < 1.29 is 28.6 Å². The third kappa shape index (κ3) is 7.36. The molecule has 0 heterocycles. The number of fused-ring (bicyclic) bond motifs is 3. The molecule has 0 fully saturated rings. The van der Waals surface area contributed by atoms with Gasteiger partial charge in [-0.15, -0.1) is 0 Å². The first-order valence-corrected chi connectivity index (χ1v) is 14.7. The molecule has 1 aliphatic rings. The molecule has 2 atom stereocenters. The number of ether oxygens (including phenoxy) is 3. The van der Waals surface area contributed by atoms with Gasteiger partial charge >= 0.3 is 0 Å². The van der Waals surface area contributed by atoms with E-state index in [2.05, 4.69) is 21.3 Å². The maximum Gasteiger partial charge on any atom is 0.247 e. The lowest BCUT2D eigenvalue weighted by atomic mass is 9.95. The van der Waals surface area contributed by atoms with Crippen molar-refractivity contribution in [3.63, 3.8) is 0 Å². The van der Waals surface area contributed by atoms with Gasteiger partial charge in [-0.05, 0) is 77.9 Å². The Morgan fingerprint density at radius 3 is 2.02 bits per heavy atom. The highest BCUT2D eigenvalue weighted by atomic mass is 16.5. The van der Waals surface area contributed by atoms with E-state index in [4.69, 9.17) is 14.2 Å². The third-order valence-corrected chi connectivity index (χ3v) is 7.65. The molecule has 0 aliphatic heterocycles. The van der Waals surface area contributed by atoms with Gasteiger partial charge in [0.1, 0.15) is 6.04 Å². The SMILES string of the molecule is COc1cc2c(c(OC)c1OC)-c1ccc(N[C@@H](C(=O)Nc3ccc(NC(C)=O)cc3)C(C)C)c(=O)cc1[C@H](NC(C)=O)CC2. The molecule has 0 unspecified atom stereocenters. The van der Waals surface area contributed by atoms with Gasteiger partial charge in [-0.1, -0.05) is 19.9 Å². The molecule has 0 saturated heterocycles. The number of carbonyl (C=O) groups is 3. The van der Waals surface area contributed by atoms with E-state index in [0.717, 1.165) is 11.1 Å². The summed E-state index contributed by atoms with van der Waals surface area (Å²) >= 11 is 0. The number of hydrogen-bond acceptors (Lipinski definition) is 8. The van der Waals surface area contributed by atoms with Gasteiger partial charge in [-0.25, -0.2) is 0 Å². The van der Waals surface area contributed by atoms with E-state index in [-0.39, 0.29) is 34.8 Å². The molecule has 0 saturated carbocycles. The van der Waals surface area contributed by atoms with Crippen LogP contribution < -0.4 is 40.9 Å². The molecule has 0 aromatic heterocycles. The summed E-state index contributed by atoms with van der Waals surface area (Å²) in [5.74, 6) is 0.445. The Morgan fingerprint density at radius 1 is 0.822 bits per heavy atom. The zero-order valence-electron chi connectivity index (χ0n) is 26.6. The van der Waals surface area contributed by atoms with E-state index in [1.807, 2.05) is 26.0 Å². The molecular formula is C34H40N4O7. The van der Waals surface area contributed by atoms with E-state index in [1.165, 1.54) is 27.0 Å². The van der Waals surface area contributed by atoms with Crippen molar-refractivity contribution in [2.75, 3.05) is 37.3 Å². The Balaban J connectivity index is 1.78. The van der Waals surface area contributed by atoms with Gasteiger partial charge in [-0.2, -0.15) is 0 Å². The smallest absolute Gasteiger partial charge is 0.247 e. The van der Waals surface area contributed by atoms with Crippen molar-refractivity contribution in [1.29, 1.82) is 0 Å². The Labute approximate surface area is 262 Å². The van der Waals surface area contributed by atoms with Gasteiger partial charge < -0.3 is 35.5 Å². The van der Waals surface area contributed by atoms with E-state index in [9.17, 15) is 19.2 Å². The molecule has 0 bridgehead atoms. The minimum Gasteiger partial charge on any atom is -0.493 e. The zero-order chi connectivity index (χ0) is 32.8. The maximum atomic E-state index is 13.8. The molecule has 0 spiro atoms. The number of carbonyl (C=O) groups excluding carboxylic acids is 3. The molecule has 1 aliphatic carbocycles. The van der Waals surface area contributed by atoms with Gasteiger partial charge in [-0.3, -0.25) is 19.2 Å². The summed E-state index contributed by atoms with van der Waals surface area (Å²) in [6.07, 6.45) is 1.11. The summed E-state index contributed by atoms with van der Waals surface area (Å²) in [6, 6.07) is 12.4. The van der Waals surface area contributed by atoms with Crippen molar-refractivity contribution in [3.8, 4) is 28.4 Å². The average molecular weight is 617 g/mol. The lowest BCUT2D eigenvalue weighted by Crippen LogP contribution is -2.39. The second kappa shape index (κ2) is 14.1. The van der Waals surface area contributed by atoms with Crippen molar-refractivity contribution in [1.82, 2.24) is 5.32 Å². The number of nitrogens with one attached hydrogen (secondary N) is 4. The zero-order valence-corrected chi connectivity index (χ0v) is 26.6. The summed E-state index contributed by atoms with van der Waals surface area (Å²) in [4.78, 5) is 50.8. The van der Waals surface area contributed by atoms with E-state index >= 15 is 0 Å². The molecule has 3 aromatic carbocycles. The van der Waals surface area contributed by atoms with Crippen LogP contribution >= 0.6 is 0 Å². The van der Waals surface area contributed by atoms with Gasteiger partial charge in [0.2, 0.25) is 28.9 Å². The summed E-state index contributed by atoms with van der Waals surface area (Å²) < 4.78 is 17.1. The quantitative estimate of drug-likeness (QED) is 0.252. The van der Waals surface area contributed by atoms with Crippen molar-refractivity contribution in [2.24, 2.45) is 5.92 Å². The molecule has 4 rings (SSSR count). The third-order valence-electron chi connectivity index (χ3n) is 7.65. The minimum absolute atomic E-state index is 0.184. The van der Waals surface area contributed by atoms with Crippen LogP contribution in [0.15, 0.2) is 53.3 Å². The summed E-state index contributed by atoms with van der Waals surface area (Å²) in [7, 11) is 4.63. The van der Waals surface area contributed by atoms with Crippen LogP contribution in [0.25, 0.3) is 11.1 Å². The Bertz CT molecular complexity index is 1650. The molecule has 11 heteroatoms. The molecule has 0 radical (unpaired) electrons. The van der Waals surface area contributed by atoms with E-state index < -0.39 is 12.1 Å². The number of rotatable bonds is 10. The fourth-order valence-corrected chi connectivity index (χ4v) is 5.59. The summed E-state index contributed by atoms with van der Waals surface area (Å²) in [5, 5.41) is 11.7. The van der Waals surface area contributed by atoms with E-state index in [1.54, 1.807) is 44.6 Å². The monoisotopic (exact) mass is 616 g/mol. The minimum atomic E-state index is -0.757. The van der Waals surface area contributed by atoms with Crippen LogP contribution in [0.5, 0.6) is 17.2 Å². The van der Waals surface area contributed by atoms with Gasteiger partial charge in [0.25, 0.3) is 0 Å². The van der Waals surface area contributed by atoms with Crippen LogP contribution in [0, 0.1) is 5.92 Å². The molecule has 11 nitrogen and oxygen atoms in total. The lowest BCUT2D eigenvalue weighted by molar-refractivity contribution is -0.120. The second-order valence-electron chi connectivity index (χ2n) is 11.2. The Hall–Kier alpha value is -5.06. The highest BCUT2D eigenvalue weighted by molar-refractivity contribution is 5.97. The Kier molecular flexibility index (Phi) is 10.3. The fraction of sp³-hybridized carbons (Fsp3) is 0.353. The first kappa shape index (κ1) is 32.8. The lowest BCUT2D eigenvalue weighted by Gasteiger charge is -2.22. The van der Waals surface area contributed by atoms with Crippen LogP contribution in [-0.4, -0.2) is 45.1 Å². The highest BCUT2D eigenvalue weighted by Crippen LogP contribution is 2.50. The molecule has 4 N–H and O–H groups in total. The highest BCUT2D eigenvalue weighted by Gasteiger charge is 2.30. The maximum absolute atomic E-state index is 13.8. The molecule has 3 amide bonds. The first-order valence-electron chi connectivity index (χ1n) is 14.7. The van der Waals surface area contributed by atoms with Crippen LogP contribution in [0.1, 0.15) is 51.3 Å². The van der Waals surface area contributed by atoms with Crippen LogP contribution in [-0.2, 0) is 20.8 Å². The number of amides is 3. The predicted octanol–water partition coefficient (Wildman–Crippen LogP) is 4.90. The summed E-state index contributed by atoms with van der Waals surface area (Å²) in [6.45, 7) is 6.63.